The number of carbonyl (C=O) groups excluding carboxylic acids is 1. The van der Waals surface area contributed by atoms with Crippen LogP contribution in [-0.2, 0) is 16.6 Å². The molecular formula is C28H32N2O4S. The molecule has 7 heteroatoms. The van der Waals surface area contributed by atoms with Gasteiger partial charge in [0.25, 0.3) is 0 Å². The summed E-state index contributed by atoms with van der Waals surface area (Å²) in [6.07, 6.45) is 8.58. The first-order valence-corrected chi connectivity index (χ1v) is 13.8. The minimum absolute atomic E-state index is 0.0478. The topological polar surface area (TPSA) is 73.2 Å². The number of hydrogen-bond acceptors (Lipinski definition) is 6. The molecule has 1 spiro atoms. The van der Waals surface area contributed by atoms with E-state index in [0.717, 1.165) is 42.3 Å². The van der Waals surface area contributed by atoms with E-state index in [4.69, 9.17) is 4.74 Å². The molecule has 2 N–H and O–H groups in total. The average molecular weight is 493 g/mol. The number of piperidine rings is 1. The van der Waals surface area contributed by atoms with Gasteiger partial charge in [0.1, 0.15) is 6.10 Å². The molecule has 7 rings (SSSR count). The van der Waals surface area contributed by atoms with Crippen molar-refractivity contribution in [3.8, 4) is 11.5 Å². The van der Waals surface area contributed by atoms with Crippen LogP contribution in [0.3, 0.4) is 0 Å². The lowest BCUT2D eigenvalue weighted by Gasteiger charge is -2.64. The largest absolute Gasteiger partial charge is 0.504 e. The van der Waals surface area contributed by atoms with Crippen molar-refractivity contribution in [3.05, 3.63) is 51.7 Å². The van der Waals surface area contributed by atoms with Gasteiger partial charge in [-0.05, 0) is 80.1 Å². The summed E-state index contributed by atoms with van der Waals surface area (Å²) in [5.74, 6) is 1.36. The van der Waals surface area contributed by atoms with Crippen molar-refractivity contribution in [1.82, 2.24) is 9.80 Å². The lowest BCUT2D eigenvalue weighted by molar-refractivity contribution is -0.200. The van der Waals surface area contributed by atoms with Crippen LogP contribution in [0.4, 0.5) is 0 Å². The Balaban J connectivity index is 1.28. The van der Waals surface area contributed by atoms with Crippen molar-refractivity contribution in [2.75, 3.05) is 20.1 Å². The van der Waals surface area contributed by atoms with Gasteiger partial charge in [0, 0.05) is 36.2 Å². The zero-order chi connectivity index (χ0) is 23.9. The monoisotopic (exact) mass is 492 g/mol. The Kier molecular flexibility index (Phi) is 4.74. The smallest absolute Gasteiger partial charge is 0.246 e. The Bertz CT molecular complexity index is 1210. The van der Waals surface area contributed by atoms with Gasteiger partial charge in [-0.3, -0.25) is 9.69 Å². The minimum Gasteiger partial charge on any atom is -0.504 e. The number of likely N-dealkylation sites (tertiary alicyclic amines) is 1. The van der Waals surface area contributed by atoms with E-state index in [2.05, 4.69) is 4.90 Å². The third-order valence-corrected chi connectivity index (χ3v) is 10.3. The summed E-state index contributed by atoms with van der Waals surface area (Å²) >= 11 is 1.60. The standard InChI is InChI=1S/C28H32N2O4S/c1-29(23(32)9-7-19-3-2-14-35-19)20-10-11-28(33)22-15-18-6-8-21(31)25-24(18)27(28,26(20)34-25)12-13-30(22)16-17-4-5-17/h2-3,6-9,14,17,20,22,26,31,33H,4-5,10-13,15-16H2,1H3/t20-,22-,26+,27+,28-/m1/s1. The van der Waals surface area contributed by atoms with Crippen molar-refractivity contribution in [2.24, 2.45) is 5.92 Å². The van der Waals surface area contributed by atoms with Crippen LogP contribution >= 0.6 is 11.3 Å². The third-order valence-electron chi connectivity index (χ3n) is 9.51. The second kappa shape index (κ2) is 7.58. The number of rotatable bonds is 5. The van der Waals surface area contributed by atoms with Gasteiger partial charge in [0.15, 0.2) is 11.5 Å². The molecule has 3 aliphatic carbocycles. The van der Waals surface area contributed by atoms with Gasteiger partial charge in [0.05, 0.1) is 17.1 Å². The molecule has 1 amide bonds. The number of phenols is 1. The summed E-state index contributed by atoms with van der Waals surface area (Å²) < 4.78 is 6.59. The lowest BCUT2D eigenvalue weighted by atomic mass is 9.48. The molecule has 0 unspecified atom stereocenters. The van der Waals surface area contributed by atoms with E-state index in [1.165, 1.54) is 18.4 Å². The third kappa shape index (κ3) is 2.98. The minimum atomic E-state index is -0.927. The first-order valence-electron chi connectivity index (χ1n) is 12.9. The number of carbonyl (C=O) groups is 1. The molecule has 5 aliphatic rings. The molecule has 2 aromatic rings. The van der Waals surface area contributed by atoms with Crippen molar-refractivity contribution in [1.29, 1.82) is 0 Å². The van der Waals surface area contributed by atoms with Crippen LogP contribution in [0, 0.1) is 5.92 Å². The predicted octanol–water partition coefficient (Wildman–Crippen LogP) is 3.56. The fraction of sp³-hybridized carbons (Fsp3) is 0.536. The molecule has 2 aliphatic heterocycles. The average Bonchev–Trinajstić information content (AvgIpc) is 3.36. The summed E-state index contributed by atoms with van der Waals surface area (Å²) in [5, 5.41) is 25.3. The second-order valence-corrected chi connectivity index (χ2v) is 12.2. The van der Waals surface area contributed by atoms with Gasteiger partial charge in [0.2, 0.25) is 5.91 Å². The van der Waals surface area contributed by atoms with Crippen molar-refractivity contribution >= 4 is 23.3 Å². The van der Waals surface area contributed by atoms with Crippen molar-refractivity contribution in [3.63, 3.8) is 0 Å². The number of aromatic hydroxyl groups is 1. The van der Waals surface area contributed by atoms with Gasteiger partial charge >= 0.3 is 0 Å². The molecule has 2 bridgehead atoms. The molecule has 5 atom stereocenters. The second-order valence-electron chi connectivity index (χ2n) is 11.2. The highest BCUT2D eigenvalue weighted by Gasteiger charge is 2.73. The van der Waals surface area contributed by atoms with E-state index < -0.39 is 11.0 Å². The molecule has 6 nitrogen and oxygen atoms in total. The van der Waals surface area contributed by atoms with Crippen LogP contribution in [0.2, 0.25) is 0 Å². The molecule has 1 saturated heterocycles. The number of aliphatic hydroxyl groups is 1. The number of benzene rings is 1. The number of thiophene rings is 1. The van der Waals surface area contributed by atoms with E-state index in [-0.39, 0.29) is 29.8 Å². The molecule has 3 fully saturated rings. The van der Waals surface area contributed by atoms with Crippen LogP contribution in [0.15, 0.2) is 35.7 Å². The summed E-state index contributed by atoms with van der Waals surface area (Å²) in [6, 6.07) is 7.60. The highest BCUT2D eigenvalue weighted by atomic mass is 32.1. The lowest BCUT2D eigenvalue weighted by Crippen LogP contribution is -2.78. The number of hydrogen-bond donors (Lipinski definition) is 2. The summed E-state index contributed by atoms with van der Waals surface area (Å²) in [5.41, 5.74) is 0.660. The van der Waals surface area contributed by atoms with Gasteiger partial charge < -0.3 is 19.8 Å². The Morgan fingerprint density at radius 2 is 2.14 bits per heavy atom. The molecule has 0 radical (unpaired) electrons. The zero-order valence-electron chi connectivity index (χ0n) is 20.0. The van der Waals surface area contributed by atoms with Crippen LogP contribution in [0.25, 0.3) is 6.08 Å². The van der Waals surface area contributed by atoms with Crippen molar-refractivity contribution < 1.29 is 19.7 Å². The Hall–Kier alpha value is -2.35. The number of amides is 1. The first-order chi connectivity index (χ1) is 16.9. The maximum atomic E-state index is 13.2. The van der Waals surface area contributed by atoms with E-state index in [1.807, 2.05) is 36.7 Å². The van der Waals surface area contributed by atoms with Crippen LogP contribution in [0.5, 0.6) is 11.5 Å². The van der Waals surface area contributed by atoms with Gasteiger partial charge in [-0.25, -0.2) is 0 Å². The Labute approximate surface area is 209 Å². The number of nitrogens with zero attached hydrogens (tertiary/aromatic N) is 2. The molecule has 3 heterocycles. The highest BCUT2D eigenvalue weighted by Crippen LogP contribution is 2.66. The van der Waals surface area contributed by atoms with Gasteiger partial charge in [-0.15, -0.1) is 11.3 Å². The quantitative estimate of drug-likeness (QED) is 0.625. The number of likely N-dealkylation sites (N-methyl/N-ethyl adjacent to an activating group) is 1. The molecule has 35 heavy (non-hydrogen) atoms. The summed E-state index contributed by atoms with van der Waals surface area (Å²) in [6.45, 7) is 1.98. The maximum absolute atomic E-state index is 13.2. The van der Waals surface area contributed by atoms with Gasteiger partial charge in [-0.1, -0.05) is 12.1 Å². The number of ether oxygens (including phenoxy) is 1. The van der Waals surface area contributed by atoms with Crippen LogP contribution in [0.1, 0.15) is 48.1 Å². The number of phenolic OH excluding ortho intramolecular Hbond substituents is 1. The van der Waals surface area contributed by atoms with Crippen LogP contribution < -0.4 is 4.74 Å². The van der Waals surface area contributed by atoms with E-state index in [1.54, 1.807) is 28.4 Å². The normalized spacial score (nSPS) is 35.1. The first kappa shape index (κ1) is 21.9. The predicted molar refractivity (Wildman–Crippen MR) is 135 cm³/mol. The SMILES string of the molecule is CN(C(=O)C=Cc1cccs1)[C@@H]1CC[C@@]2(O)[C@H]3Cc4ccc(O)c5c4[C@@]2(CCN3CC2CC2)[C@H]1O5. The summed E-state index contributed by atoms with van der Waals surface area (Å²) in [7, 11) is 1.85. The zero-order valence-corrected chi connectivity index (χ0v) is 20.8. The van der Waals surface area contributed by atoms with Gasteiger partial charge in [-0.2, -0.15) is 0 Å². The molecular weight excluding hydrogens is 460 g/mol. The van der Waals surface area contributed by atoms with Crippen LogP contribution in [-0.4, -0.2) is 69.8 Å². The van der Waals surface area contributed by atoms with E-state index >= 15 is 0 Å². The molecule has 184 valence electrons. The fourth-order valence-electron chi connectivity index (χ4n) is 7.67. The Morgan fingerprint density at radius 1 is 1.29 bits per heavy atom. The Morgan fingerprint density at radius 3 is 2.91 bits per heavy atom. The molecule has 2 saturated carbocycles. The fourth-order valence-corrected chi connectivity index (χ4v) is 8.29. The maximum Gasteiger partial charge on any atom is 0.246 e. The summed E-state index contributed by atoms with van der Waals surface area (Å²) in [4.78, 5) is 18.6. The molecule has 1 aromatic carbocycles. The van der Waals surface area contributed by atoms with Crippen molar-refractivity contribution in [2.45, 2.75) is 67.7 Å². The van der Waals surface area contributed by atoms with E-state index in [0.29, 0.717) is 18.6 Å². The molecule has 1 aromatic heterocycles. The highest BCUT2D eigenvalue weighted by molar-refractivity contribution is 7.10. The van der Waals surface area contributed by atoms with E-state index in [9.17, 15) is 15.0 Å².